The number of rotatable bonds is 4. The Bertz CT molecular complexity index is 618. The molecule has 0 unspecified atom stereocenters. The van der Waals surface area contributed by atoms with Crippen LogP contribution in [0.25, 0.3) is 10.9 Å². The van der Waals surface area contributed by atoms with E-state index < -0.39 is 6.03 Å². The van der Waals surface area contributed by atoms with Crippen LogP contribution in [0.3, 0.4) is 0 Å². The summed E-state index contributed by atoms with van der Waals surface area (Å²) < 4.78 is 1.19. The summed E-state index contributed by atoms with van der Waals surface area (Å²) in [5, 5.41) is 6.41. The highest BCUT2D eigenvalue weighted by Gasteiger charge is 2.17. The SMILES string of the molecule is CNCCNC(=O)c1cc2cc[c]cc2n1C(N)=O. The minimum atomic E-state index is -0.687. The van der Waals surface area contributed by atoms with Crippen molar-refractivity contribution in [1.82, 2.24) is 15.2 Å². The molecule has 0 saturated heterocycles. The fourth-order valence-corrected chi connectivity index (χ4v) is 1.89. The highest BCUT2D eigenvalue weighted by atomic mass is 16.2. The molecule has 1 heterocycles. The number of hydrogen-bond acceptors (Lipinski definition) is 3. The maximum absolute atomic E-state index is 12.0. The molecule has 0 aliphatic carbocycles. The molecule has 6 heteroatoms. The average Bonchev–Trinajstić information content (AvgIpc) is 2.78. The fraction of sp³-hybridized carbons (Fsp3) is 0.231. The summed E-state index contributed by atoms with van der Waals surface area (Å²) in [4.78, 5) is 23.5. The smallest absolute Gasteiger partial charge is 0.324 e. The van der Waals surface area contributed by atoms with Crippen LogP contribution in [0.15, 0.2) is 24.3 Å². The Morgan fingerprint density at radius 3 is 2.89 bits per heavy atom. The van der Waals surface area contributed by atoms with Crippen LogP contribution >= 0.6 is 0 Å². The summed E-state index contributed by atoms with van der Waals surface area (Å²) in [7, 11) is 1.79. The van der Waals surface area contributed by atoms with Crippen molar-refractivity contribution in [2.45, 2.75) is 0 Å². The molecule has 0 fully saturated rings. The van der Waals surface area contributed by atoms with Gasteiger partial charge in [0.2, 0.25) is 0 Å². The van der Waals surface area contributed by atoms with Gasteiger partial charge in [0.1, 0.15) is 5.69 Å². The second kappa shape index (κ2) is 5.53. The fourth-order valence-electron chi connectivity index (χ4n) is 1.89. The minimum absolute atomic E-state index is 0.234. The van der Waals surface area contributed by atoms with Crippen molar-refractivity contribution in [3.05, 3.63) is 36.0 Å². The molecule has 1 aromatic heterocycles. The Hall–Kier alpha value is -2.34. The first-order chi connectivity index (χ1) is 9.15. The van der Waals surface area contributed by atoms with Crippen LogP contribution in [0.1, 0.15) is 10.5 Å². The van der Waals surface area contributed by atoms with Crippen LogP contribution in [0.5, 0.6) is 0 Å². The first-order valence-electron chi connectivity index (χ1n) is 5.89. The molecule has 2 aromatic rings. The van der Waals surface area contributed by atoms with Gasteiger partial charge in [-0.05, 0) is 25.2 Å². The van der Waals surface area contributed by atoms with E-state index in [0.29, 0.717) is 18.6 Å². The zero-order chi connectivity index (χ0) is 13.8. The number of aromatic nitrogens is 1. The van der Waals surface area contributed by atoms with Gasteiger partial charge in [-0.2, -0.15) is 0 Å². The number of amides is 2. The Balaban J connectivity index is 2.39. The Kier molecular flexibility index (Phi) is 3.82. The molecular formula is C13H15N4O2. The van der Waals surface area contributed by atoms with Crippen LogP contribution in [-0.2, 0) is 0 Å². The van der Waals surface area contributed by atoms with Crippen LogP contribution in [0.2, 0.25) is 0 Å². The van der Waals surface area contributed by atoms with E-state index in [0.717, 1.165) is 5.39 Å². The van der Waals surface area contributed by atoms with E-state index in [-0.39, 0.29) is 11.6 Å². The summed E-state index contributed by atoms with van der Waals surface area (Å²) in [6, 6.07) is 8.94. The lowest BCUT2D eigenvalue weighted by Crippen LogP contribution is -2.33. The van der Waals surface area contributed by atoms with Gasteiger partial charge >= 0.3 is 6.03 Å². The lowest BCUT2D eigenvalue weighted by Gasteiger charge is -2.07. The molecule has 4 N–H and O–H groups in total. The monoisotopic (exact) mass is 259 g/mol. The number of carbonyl (C=O) groups is 2. The number of fused-ring (bicyclic) bond motifs is 1. The zero-order valence-corrected chi connectivity index (χ0v) is 10.6. The molecule has 1 radical (unpaired) electrons. The van der Waals surface area contributed by atoms with Gasteiger partial charge in [-0.15, -0.1) is 0 Å². The molecule has 19 heavy (non-hydrogen) atoms. The second-order valence-electron chi connectivity index (χ2n) is 4.05. The summed E-state index contributed by atoms with van der Waals surface area (Å²) >= 11 is 0. The highest BCUT2D eigenvalue weighted by molar-refractivity contribution is 6.04. The maximum Gasteiger partial charge on any atom is 0.324 e. The number of benzene rings is 1. The molecule has 0 atom stereocenters. The quantitative estimate of drug-likeness (QED) is 0.691. The maximum atomic E-state index is 12.0. The molecule has 2 rings (SSSR count). The number of hydrogen-bond donors (Lipinski definition) is 3. The first kappa shape index (κ1) is 13.1. The topological polar surface area (TPSA) is 89.2 Å². The standard InChI is InChI=1S/C13H15N4O2/c1-15-6-7-16-12(18)11-8-9-4-2-3-5-10(9)17(11)13(14)19/h2,4-5,8,15H,6-7H2,1H3,(H2,14,19)(H,16,18). The average molecular weight is 259 g/mol. The van der Waals surface area contributed by atoms with E-state index in [1.807, 2.05) is 0 Å². The minimum Gasteiger partial charge on any atom is -0.351 e. The molecule has 2 amide bonds. The van der Waals surface area contributed by atoms with Crippen molar-refractivity contribution in [2.24, 2.45) is 5.73 Å². The number of carbonyl (C=O) groups excluding carboxylic acids is 2. The van der Waals surface area contributed by atoms with E-state index in [9.17, 15) is 9.59 Å². The lowest BCUT2D eigenvalue weighted by atomic mass is 10.2. The third-order valence-corrected chi connectivity index (χ3v) is 2.76. The highest BCUT2D eigenvalue weighted by Crippen LogP contribution is 2.18. The number of likely N-dealkylation sites (N-methyl/N-ethyl adjacent to an activating group) is 1. The van der Waals surface area contributed by atoms with Gasteiger partial charge in [-0.1, -0.05) is 12.1 Å². The molecule has 0 spiro atoms. The molecular weight excluding hydrogens is 244 g/mol. The van der Waals surface area contributed by atoms with Crippen molar-refractivity contribution in [2.75, 3.05) is 20.1 Å². The van der Waals surface area contributed by atoms with E-state index in [1.165, 1.54) is 4.57 Å². The molecule has 0 aliphatic heterocycles. The predicted molar refractivity (Wildman–Crippen MR) is 72.0 cm³/mol. The Morgan fingerprint density at radius 1 is 1.42 bits per heavy atom. The molecule has 1 aromatic carbocycles. The summed E-state index contributed by atoms with van der Waals surface area (Å²) in [6.07, 6.45) is 0. The van der Waals surface area contributed by atoms with E-state index in [4.69, 9.17) is 5.73 Å². The van der Waals surface area contributed by atoms with E-state index in [1.54, 1.807) is 31.3 Å². The van der Waals surface area contributed by atoms with Gasteiger partial charge in [0, 0.05) is 18.5 Å². The van der Waals surface area contributed by atoms with Crippen molar-refractivity contribution < 1.29 is 9.59 Å². The van der Waals surface area contributed by atoms with Crippen LogP contribution < -0.4 is 16.4 Å². The zero-order valence-electron chi connectivity index (χ0n) is 10.6. The first-order valence-corrected chi connectivity index (χ1v) is 5.89. The third kappa shape index (κ3) is 2.58. The van der Waals surface area contributed by atoms with Crippen molar-refractivity contribution in [3.63, 3.8) is 0 Å². The lowest BCUT2D eigenvalue weighted by molar-refractivity contribution is 0.0946. The van der Waals surface area contributed by atoms with E-state index in [2.05, 4.69) is 16.7 Å². The van der Waals surface area contributed by atoms with Gasteiger partial charge < -0.3 is 16.4 Å². The van der Waals surface area contributed by atoms with Gasteiger partial charge in [0.15, 0.2) is 0 Å². The summed E-state index contributed by atoms with van der Waals surface area (Å²) in [5.74, 6) is -0.328. The van der Waals surface area contributed by atoms with Crippen molar-refractivity contribution in [1.29, 1.82) is 0 Å². The van der Waals surface area contributed by atoms with E-state index >= 15 is 0 Å². The van der Waals surface area contributed by atoms with Gasteiger partial charge in [0.05, 0.1) is 5.52 Å². The number of nitrogens with zero attached hydrogens (tertiary/aromatic N) is 1. The van der Waals surface area contributed by atoms with Crippen LogP contribution in [-0.4, -0.2) is 36.6 Å². The number of nitrogens with one attached hydrogen (secondary N) is 2. The predicted octanol–water partition coefficient (Wildman–Crippen LogP) is 0.317. The van der Waals surface area contributed by atoms with Gasteiger partial charge in [0.25, 0.3) is 5.91 Å². The Morgan fingerprint density at radius 2 is 2.21 bits per heavy atom. The summed E-state index contributed by atoms with van der Waals surface area (Å²) in [6.45, 7) is 1.12. The van der Waals surface area contributed by atoms with Crippen molar-refractivity contribution >= 4 is 22.8 Å². The molecule has 99 valence electrons. The molecule has 0 saturated carbocycles. The van der Waals surface area contributed by atoms with Gasteiger partial charge in [-0.25, -0.2) is 4.79 Å². The normalized spacial score (nSPS) is 10.6. The van der Waals surface area contributed by atoms with Crippen molar-refractivity contribution in [3.8, 4) is 0 Å². The third-order valence-electron chi connectivity index (χ3n) is 2.76. The molecule has 6 nitrogen and oxygen atoms in total. The molecule has 0 aliphatic rings. The second-order valence-corrected chi connectivity index (χ2v) is 4.05. The Labute approximate surface area is 110 Å². The largest absolute Gasteiger partial charge is 0.351 e. The molecule has 0 bridgehead atoms. The van der Waals surface area contributed by atoms with Crippen LogP contribution in [0.4, 0.5) is 4.79 Å². The van der Waals surface area contributed by atoms with Gasteiger partial charge in [-0.3, -0.25) is 9.36 Å². The summed E-state index contributed by atoms with van der Waals surface area (Å²) in [5.41, 5.74) is 6.15. The van der Waals surface area contributed by atoms with Crippen LogP contribution in [0, 0.1) is 6.07 Å². The number of primary amides is 1. The number of nitrogens with two attached hydrogens (primary N) is 1.